The Balaban J connectivity index is 2.01. The normalized spacial score (nSPS) is 17.1. The lowest BCUT2D eigenvalue weighted by Crippen LogP contribution is -1.95. The lowest BCUT2D eigenvalue weighted by Gasteiger charge is -2.00. The van der Waals surface area contributed by atoms with Gasteiger partial charge in [0.05, 0.1) is 7.11 Å². The molecule has 0 unspecified atom stereocenters. The van der Waals surface area contributed by atoms with Gasteiger partial charge in [0.2, 0.25) is 0 Å². The Kier molecular flexibility index (Phi) is 2.27. The molecule has 2 aromatic rings. The van der Waals surface area contributed by atoms with Crippen molar-refractivity contribution in [2.75, 3.05) is 7.11 Å². The zero-order chi connectivity index (χ0) is 11.0. The molecule has 0 radical (unpaired) electrons. The van der Waals surface area contributed by atoms with Crippen LogP contribution in [0.5, 0.6) is 5.75 Å². The molecule has 84 valence electrons. The second-order valence-electron chi connectivity index (χ2n) is 4.32. The minimum absolute atomic E-state index is 0.561. The number of aromatic nitrogens is 3. The SMILES string of the molecule is COc1ccn2nc(C3CCCC3)nc2c1. The van der Waals surface area contributed by atoms with Crippen molar-refractivity contribution in [1.82, 2.24) is 14.6 Å². The molecule has 2 heterocycles. The van der Waals surface area contributed by atoms with Crippen LogP contribution in [0.4, 0.5) is 0 Å². The Bertz CT molecular complexity index is 500. The van der Waals surface area contributed by atoms with Crippen LogP contribution in [0.2, 0.25) is 0 Å². The Hall–Kier alpha value is -1.58. The maximum Gasteiger partial charge on any atom is 0.159 e. The summed E-state index contributed by atoms with van der Waals surface area (Å²) in [5.74, 6) is 2.38. The Morgan fingerprint density at radius 3 is 2.94 bits per heavy atom. The molecule has 16 heavy (non-hydrogen) atoms. The minimum Gasteiger partial charge on any atom is -0.497 e. The molecule has 0 N–H and O–H groups in total. The molecule has 1 saturated carbocycles. The van der Waals surface area contributed by atoms with Crippen molar-refractivity contribution in [2.24, 2.45) is 0 Å². The molecule has 4 nitrogen and oxygen atoms in total. The highest BCUT2D eigenvalue weighted by Crippen LogP contribution is 2.32. The van der Waals surface area contributed by atoms with Crippen molar-refractivity contribution < 1.29 is 4.74 Å². The number of pyridine rings is 1. The quantitative estimate of drug-likeness (QED) is 0.775. The molecular weight excluding hydrogens is 202 g/mol. The van der Waals surface area contributed by atoms with E-state index in [9.17, 15) is 0 Å². The monoisotopic (exact) mass is 217 g/mol. The summed E-state index contributed by atoms with van der Waals surface area (Å²) in [6, 6.07) is 3.82. The molecule has 1 aliphatic rings. The van der Waals surface area contributed by atoms with Gasteiger partial charge < -0.3 is 4.74 Å². The summed E-state index contributed by atoms with van der Waals surface area (Å²) in [6.45, 7) is 0. The summed E-state index contributed by atoms with van der Waals surface area (Å²) < 4.78 is 7.01. The molecule has 3 rings (SSSR count). The van der Waals surface area contributed by atoms with E-state index in [1.54, 1.807) is 7.11 Å². The summed E-state index contributed by atoms with van der Waals surface area (Å²) >= 11 is 0. The summed E-state index contributed by atoms with van der Waals surface area (Å²) in [4.78, 5) is 4.58. The van der Waals surface area contributed by atoms with Gasteiger partial charge in [-0.25, -0.2) is 9.50 Å². The number of hydrogen-bond acceptors (Lipinski definition) is 3. The molecule has 1 aliphatic carbocycles. The number of ether oxygens (including phenoxy) is 1. The van der Waals surface area contributed by atoms with E-state index in [2.05, 4.69) is 10.1 Å². The molecule has 0 spiro atoms. The molecule has 0 bridgehead atoms. The molecule has 1 fully saturated rings. The molecule has 0 aliphatic heterocycles. The van der Waals surface area contributed by atoms with Crippen molar-refractivity contribution in [3.05, 3.63) is 24.2 Å². The van der Waals surface area contributed by atoms with Crippen molar-refractivity contribution in [3.8, 4) is 5.75 Å². The number of fused-ring (bicyclic) bond motifs is 1. The van der Waals surface area contributed by atoms with Crippen LogP contribution in [0.1, 0.15) is 37.4 Å². The molecule has 0 saturated heterocycles. The van der Waals surface area contributed by atoms with Gasteiger partial charge in [-0.15, -0.1) is 0 Å². The molecule has 0 aromatic carbocycles. The highest BCUT2D eigenvalue weighted by molar-refractivity contribution is 5.43. The Morgan fingerprint density at radius 1 is 1.38 bits per heavy atom. The van der Waals surface area contributed by atoms with Crippen molar-refractivity contribution in [2.45, 2.75) is 31.6 Å². The van der Waals surface area contributed by atoms with Gasteiger partial charge in [0.1, 0.15) is 5.75 Å². The molecule has 0 atom stereocenters. The summed E-state index contributed by atoms with van der Waals surface area (Å²) in [7, 11) is 1.67. The van der Waals surface area contributed by atoms with Gasteiger partial charge in [0.15, 0.2) is 11.5 Å². The summed E-state index contributed by atoms with van der Waals surface area (Å²) in [5.41, 5.74) is 0.876. The first-order chi connectivity index (χ1) is 7.86. The Labute approximate surface area is 94.3 Å². The molecular formula is C12H15N3O. The summed E-state index contributed by atoms with van der Waals surface area (Å²) in [6.07, 6.45) is 6.98. The average molecular weight is 217 g/mol. The molecule has 4 heteroatoms. The van der Waals surface area contributed by atoms with Gasteiger partial charge >= 0.3 is 0 Å². The van der Waals surface area contributed by atoms with Gasteiger partial charge in [-0.2, -0.15) is 5.10 Å². The van der Waals surface area contributed by atoms with E-state index >= 15 is 0 Å². The van der Waals surface area contributed by atoms with E-state index in [0.29, 0.717) is 5.92 Å². The predicted molar refractivity (Wildman–Crippen MR) is 60.7 cm³/mol. The topological polar surface area (TPSA) is 39.4 Å². The van der Waals surface area contributed by atoms with Crippen molar-refractivity contribution in [3.63, 3.8) is 0 Å². The fraction of sp³-hybridized carbons (Fsp3) is 0.500. The third kappa shape index (κ3) is 1.54. The van der Waals surface area contributed by atoms with Crippen LogP contribution >= 0.6 is 0 Å². The van der Waals surface area contributed by atoms with E-state index in [0.717, 1.165) is 17.2 Å². The molecule has 0 amide bonds. The van der Waals surface area contributed by atoms with Crippen LogP contribution < -0.4 is 4.74 Å². The number of rotatable bonds is 2. The van der Waals surface area contributed by atoms with E-state index in [1.807, 2.05) is 22.8 Å². The third-order valence-corrected chi connectivity index (χ3v) is 3.28. The Morgan fingerprint density at radius 2 is 2.19 bits per heavy atom. The number of methoxy groups -OCH3 is 1. The van der Waals surface area contributed by atoms with E-state index in [4.69, 9.17) is 4.74 Å². The minimum atomic E-state index is 0.561. The van der Waals surface area contributed by atoms with E-state index in [1.165, 1.54) is 25.7 Å². The second-order valence-corrected chi connectivity index (χ2v) is 4.32. The fourth-order valence-corrected chi connectivity index (χ4v) is 2.36. The van der Waals surface area contributed by atoms with Crippen LogP contribution in [0.3, 0.4) is 0 Å². The lowest BCUT2D eigenvalue weighted by atomic mass is 10.1. The first-order valence-corrected chi connectivity index (χ1v) is 5.77. The van der Waals surface area contributed by atoms with E-state index in [-0.39, 0.29) is 0 Å². The smallest absolute Gasteiger partial charge is 0.159 e. The fourth-order valence-electron chi connectivity index (χ4n) is 2.36. The van der Waals surface area contributed by atoms with Crippen LogP contribution in [0.25, 0.3) is 5.65 Å². The van der Waals surface area contributed by atoms with Gasteiger partial charge in [-0.05, 0) is 18.9 Å². The largest absolute Gasteiger partial charge is 0.497 e. The van der Waals surface area contributed by atoms with Crippen LogP contribution in [-0.4, -0.2) is 21.7 Å². The number of nitrogens with zero attached hydrogens (tertiary/aromatic N) is 3. The average Bonchev–Trinajstić information content (AvgIpc) is 2.96. The molecule has 2 aromatic heterocycles. The van der Waals surface area contributed by atoms with Crippen LogP contribution in [0.15, 0.2) is 18.3 Å². The lowest BCUT2D eigenvalue weighted by molar-refractivity contribution is 0.414. The van der Waals surface area contributed by atoms with Crippen molar-refractivity contribution >= 4 is 5.65 Å². The maximum atomic E-state index is 5.18. The maximum absolute atomic E-state index is 5.18. The second kappa shape index (κ2) is 3.77. The van der Waals surface area contributed by atoms with Gasteiger partial charge in [-0.3, -0.25) is 0 Å². The van der Waals surface area contributed by atoms with Gasteiger partial charge in [0, 0.05) is 18.2 Å². The first kappa shape index (κ1) is 9.63. The van der Waals surface area contributed by atoms with Crippen LogP contribution in [-0.2, 0) is 0 Å². The van der Waals surface area contributed by atoms with Gasteiger partial charge in [-0.1, -0.05) is 12.8 Å². The number of hydrogen-bond donors (Lipinski definition) is 0. The first-order valence-electron chi connectivity index (χ1n) is 5.77. The van der Waals surface area contributed by atoms with Crippen LogP contribution in [0, 0.1) is 0 Å². The summed E-state index contributed by atoms with van der Waals surface area (Å²) in [5, 5.41) is 4.52. The zero-order valence-electron chi connectivity index (χ0n) is 9.39. The van der Waals surface area contributed by atoms with E-state index < -0.39 is 0 Å². The zero-order valence-corrected chi connectivity index (χ0v) is 9.39. The standard InChI is InChI=1S/C12H15N3O/c1-16-10-6-7-15-11(8-10)13-12(14-15)9-4-2-3-5-9/h6-9H,2-5H2,1H3. The van der Waals surface area contributed by atoms with Crippen molar-refractivity contribution in [1.29, 1.82) is 0 Å². The predicted octanol–water partition coefficient (Wildman–Crippen LogP) is 2.40. The van der Waals surface area contributed by atoms with Gasteiger partial charge in [0.25, 0.3) is 0 Å². The highest BCUT2D eigenvalue weighted by atomic mass is 16.5. The highest BCUT2D eigenvalue weighted by Gasteiger charge is 2.21. The third-order valence-electron chi connectivity index (χ3n) is 3.28.